The van der Waals surface area contributed by atoms with Crippen LogP contribution in [0.15, 0.2) is 24.3 Å². The molecule has 21 heavy (non-hydrogen) atoms. The standard InChI is InChI=1S/C14H15N3O3S/c1-8-13(21-10(3)15-8)9(2)16-14(18)11-6-4-5-7-12(11)17(19)20/h4-7,9H,1-3H3,(H,16,18). The van der Waals surface area contributed by atoms with Crippen LogP contribution >= 0.6 is 11.3 Å². The van der Waals surface area contributed by atoms with Crippen LogP contribution in [0.1, 0.15) is 38.9 Å². The number of aromatic nitrogens is 1. The number of para-hydroxylation sites is 1. The molecule has 0 spiro atoms. The molecule has 0 saturated carbocycles. The number of nitro benzene ring substituents is 1. The highest BCUT2D eigenvalue weighted by Gasteiger charge is 2.22. The summed E-state index contributed by atoms with van der Waals surface area (Å²) in [6.07, 6.45) is 0. The van der Waals surface area contributed by atoms with Gasteiger partial charge in [0.2, 0.25) is 0 Å². The normalized spacial score (nSPS) is 12.0. The molecule has 1 atom stereocenters. The van der Waals surface area contributed by atoms with Crippen molar-refractivity contribution in [3.05, 3.63) is 55.5 Å². The molecule has 1 amide bonds. The van der Waals surface area contributed by atoms with E-state index in [-0.39, 0.29) is 17.3 Å². The first-order chi connectivity index (χ1) is 9.90. The average Bonchev–Trinajstić information content (AvgIpc) is 2.77. The summed E-state index contributed by atoms with van der Waals surface area (Å²) in [6.45, 7) is 5.62. The number of carbonyl (C=O) groups is 1. The van der Waals surface area contributed by atoms with Crippen molar-refractivity contribution in [1.82, 2.24) is 10.3 Å². The van der Waals surface area contributed by atoms with Crippen LogP contribution in [0.25, 0.3) is 0 Å². The molecule has 110 valence electrons. The first-order valence-electron chi connectivity index (χ1n) is 6.38. The lowest BCUT2D eigenvalue weighted by atomic mass is 10.1. The molecule has 2 aromatic rings. The van der Waals surface area contributed by atoms with E-state index in [1.807, 2.05) is 20.8 Å². The van der Waals surface area contributed by atoms with Gasteiger partial charge in [-0.2, -0.15) is 0 Å². The Morgan fingerprint density at radius 3 is 2.62 bits per heavy atom. The van der Waals surface area contributed by atoms with Gasteiger partial charge in [-0.1, -0.05) is 12.1 Å². The lowest BCUT2D eigenvalue weighted by molar-refractivity contribution is -0.385. The lowest BCUT2D eigenvalue weighted by Crippen LogP contribution is -2.27. The number of carbonyl (C=O) groups excluding carboxylic acids is 1. The number of rotatable bonds is 4. The Balaban J connectivity index is 2.22. The van der Waals surface area contributed by atoms with Gasteiger partial charge in [-0.15, -0.1) is 11.3 Å². The molecule has 0 radical (unpaired) electrons. The number of thiazole rings is 1. The third kappa shape index (κ3) is 3.25. The van der Waals surface area contributed by atoms with Gasteiger partial charge in [0.25, 0.3) is 11.6 Å². The molecule has 6 nitrogen and oxygen atoms in total. The Hall–Kier alpha value is -2.28. The number of nitrogens with zero attached hydrogens (tertiary/aromatic N) is 2. The van der Waals surface area contributed by atoms with E-state index in [9.17, 15) is 14.9 Å². The largest absolute Gasteiger partial charge is 0.344 e. The summed E-state index contributed by atoms with van der Waals surface area (Å²) in [6, 6.07) is 5.67. The van der Waals surface area contributed by atoms with Gasteiger partial charge >= 0.3 is 0 Å². The maximum atomic E-state index is 12.2. The van der Waals surface area contributed by atoms with Crippen LogP contribution in [0, 0.1) is 24.0 Å². The maximum Gasteiger partial charge on any atom is 0.282 e. The van der Waals surface area contributed by atoms with Gasteiger partial charge in [0, 0.05) is 10.9 Å². The van der Waals surface area contributed by atoms with E-state index in [2.05, 4.69) is 10.3 Å². The monoisotopic (exact) mass is 305 g/mol. The SMILES string of the molecule is Cc1nc(C)c(C(C)NC(=O)c2ccccc2[N+](=O)[O-])s1. The van der Waals surface area contributed by atoms with Gasteiger partial charge < -0.3 is 5.32 Å². The summed E-state index contributed by atoms with van der Waals surface area (Å²) in [4.78, 5) is 27.9. The summed E-state index contributed by atoms with van der Waals surface area (Å²) < 4.78 is 0. The zero-order valence-corrected chi connectivity index (χ0v) is 12.7. The highest BCUT2D eigenvalue weighted by molar-refractivity contribution is 7.11. The summed E-state index contributed by atoms with van der Waals surface area (Å²) >= 11 is 1.51. The number of nitro groups is 1. The van der Waals surface area contributed by atoms with Crippen LogP contribution in [0.5, 0.6) is 0 Å². The van der Waals surface area contributed by atoms with Crippen molar-refractivity contribution in [3.8, 4) is 0 Å². The van der Waals surface area contributed by atoms with E-state index in [0.717, 1.165) is 15.6 Å². The number of hydrogen-bond acceptors (Lipinski definition) is 5. The third-order valence-corrected chi connectivity index (χ3v) is 4.28. The topological polar surface area (TPSA) is 85.1 Å². The van der Waals surface area contributed by atoms with Crippen LogP contribution in [0.4, 0.5) is 5.69 Å². The van der Waals surface area contributed by atoms with Crippen molar-refractivity contribution in [3.63, 3.8) is 0 Å². The fourth-order valence-electron chi connectivity index (χ4n) is 2.11. The first-order valence-corrected chi connectivity index (χ1v) is 7.20. The smallest absolute Gasteiger partial charge is 0.282 e. The minimum absolute atomic E-state index is 0.0632. The molecule has 7 heteroatoms. The molecular weight excluding hydrogens is 290 g/mol. The van der Waals surface area contributed by atoms with Crippen LogP contribution in [0.3, 0.4) is 0 Å². The molecule has 1 aromatic heterocycles. The highest BCUT2D eigenvalue weighted by Crippen LogP contribution is 2.25. The highest BCUT2D eigenvalue weighted by atomic mass is 32.1. The molecule has 1 N–H and O–H groups in total. The van der Waals surface area contributed by atoms with Gasteiger partial charge in [-0.05, 0) is 26.8 Å². The van der Waals surface area contributed by atoms with Gasteiger partial charge in [0.1, 0.15) is 5.56 Å². The molecule has 0 fully saturated rings. The number of hydrogen-bond donors (Lipinski definition) is 1. The van der Waals surface area contributed by atoms with Crippen molar-refractivity contribution >= 4 is 22.9 Å². The van der Waals surface area contributed by atoms with Crippen molar-refractivity contribution < 1.29 is 9.72 Å². The molecule has 0 aliphatic heterocycles. The number of amides is 1. The minimum Gasteiger partial charge on any atom is -0.344 e. The number of benzene rings is 1. The third-order valence-electron chi connectivity index (χ3n) is 3.03. The lowest BCUT2D eigenvalue weighted by Gasteiger charge is -2.13. The summed E-state index contributed by atoms with van der Waals surface area (Å²) in [5.41, 5.74) is 0.737. The van der Waals surface area contributed by atoms with Crippen LogP contribution < -0.4 is 5.32 Å². The summed E-state index contributed by atoms with van der Waals surface area (Å²) in [5, 5.41) is 14.7. The quantitative estimate of drug-likeness (QED) is 0.694. The maximum absolute atomic E-state index is 12.2. The molecule has 1 heterocycles. The van der Waals surface area contributed by atoms with Crippen molar-refractivity contribution in [2.45, 2.75) is 26.8 Å². The number of nitrogens with one attached hydrogen (secondary N) is 1. The van der Waals surface area contributed by atoms with Gasteiger partial charge in [-0.25, -0.2) is 4.98 Å². The molecular formula is C14H15N3O3S. The van der Waals surface area contributed by atoms with Crippen LogP contribution in [-0.2, 0) is 0 Å². The second kappa shape index (κ2) is 6.01. The van der Waals surface area contributed by atoms with E-state index >= 15 is 0 Å². The average molecular weight is 305 g/mol. The fraction of sp³-hybridized carbons (Fsp3) is 0.286. The second-order valence-electron chi connectivity index (χ2n) is 4.65. The molecule has 0 bridgehead atoms. The Bertz CT molecular complexity index is 697. The minimum atomic E-state index is -0.554. The zero-order valence-electron chi connectivity index (χ0n) is 11.9. The van der Waals surface area contributed by atoms with Gasteiger partial charge in [0.15, 0.2) is 0 Å². The summed E-state index contributed by atoms with van der Waals surface area (Å²) in [7, 11) is 0. The van der Waals surface area contributed by atoms with E-state index in [1.54, 1.807) is 6.07 Å². The predicted octanol–water partition coefficient (Wildman–Crippen LogP) is 3.16. The molecule has 0 saturated heterocycles. The second-order valence-corrected chi connectivity index (χ2v) is 5.89. The van der Waals surface area contributed by atoms with Crippen molar-refractivity contribution in [2.24, 2.45) is 0 Å². The molecule has 1 aromatic carbocycles. The van der Waals surface area contributed by atoms with E-state index in [0.29, 0.717) is 0 Å². The van der Waals surface area contributed by atoms with Crippen molar-refractivity contribution in [2.75, 3.05) is 0 Å². The van der Waals surface area contributed by atoms with Gasteiger partial charge in [-0.3, -0.25) is 14.9 Å². The zero-order chi connectivity index (χ0) is 15.6. The van der Waals surface area contributed by atoms with E-state index < -0.39 is 10.8 Å². The first kappa shape index (κ1) is 15.1. The number of aryl methyl sites for hydroxylation is 2. The Morgan fingerprint density at radius 1 is 1.38 bits per heavy atom. The van der Waals surface area contributed by atoms with Gasteiger partial charge in [0.05, 0.1) is 21.7 Å². The van der Waals surface area contributed by atoms with Crippen LogP contribution in [0.2, 0.25) is 0 Å². The fourth-order valence-corrected chi connectivity index (χ4v) is 3.04. The Kier molecular flexibility index (Phi) is 4.32. The summed E-state index contributed by atoms with van der Waals surface area (Å²) in [5.74, 6) is -0.458. The van der Waals surface area contributed by atoms with E-state index in [4.69, 9.17) is 0 Å². The van der Waals surface area contributed by atoms with E-state index in [1.165, 1.54) is 29.5 Å². The predicted molar refractivity (Wildman–Crippen MR) is 80.6 cm³/mol. The molecule has 2 rings (SSSR count). The molecule has 0 aliphatic carbocycles. The Morgan fingerprint density at radius 2 is 2.05 bits per heavy atom. The Labute approximate surface area is 126 Å². The van der Waals surface area contributed by atoms with Crippen LogP contribution in [-0.4, -0.2) is 15.8 Å². The van der Waals surface area contributed by atoms with Crippen molar-refractivity contribution in [1.29, 1.82) is 0 Å². The molecule has 1 unspecified atom stereocenters. The molecule has 0 aliphatic rings.